The molecular weight excluding hydrogens is 238 g/mol. The molecule has 17 heavy (non-hydrogen) atoms. The van der Waals surface area contributed by atoms with Crippen LogP contribution >= 0.6 is 11.6 Å². The highest BCUT2D eigenvalue weighted by atomic mass is 35.5. The molecule has 3 N–H and O–H groups in total. The Morgan fingerprint density at radius 2 is 2.00 bits per heavy atom. The monoisotopic (exact) mass is 251 g/mol. The summed E-state index contributed by atoms with van der Waals surface area (Å²) in [5, 5.41) is 1.57. The second-order valence-electron chi connectivity index (χ2n) is 3.90. The molecule has 4 nitrogen and oxygen atoms in total. The minimum Gasteiger partial charge on any atom is -0.493 e. The number of pyridine rings is 1. The number of nitrogens with one attached hydrogen (secondary N) is 1. The van der Waals surface area contributed by atoms with Crippen molar-refractivity contribution < 1.29 is 4.74 Å². The van der Waals surface area contributed by atoms with E-state index in [9.17, 15) is 0 Å². The van der Waals surface area contributed by atoms with Crippen LogP contribution in [0.4, 0.5) is 5.82 Å². The summed E-state index contributed by atoms with van der Waals surface area (Å²) < 4.78 is 5.29. The third-order valence-electron chi connectivity index (χ3n) is 2.75. The lowest BCUT2D eigenvalue weighted by atomic mass is 10.1. The maximum Gasteiger partial charge on any atom is 0.163 e. The average Bonchev–Trinajstić information content (AvgIpc) is 2.30. The number of hydrogen-bond acceptors (Lipinski definition) is 4. The molecule has 2 rings (SSSR count). The lowest BCUT2D eigenvalue weighted by molar-refractivity contribution is 0.419. The molecule has 0 bridgehead atoms. The predicted octanol–water partition coefficient (Wildman–Crippen LogP) is 2.80. The van der Waals surface area contributed by atoms with Gasteiger partial charge in [-0.2, -0.15) is 0 Å². The van der Waals surface area contributed by atoms with Gasteiger partial charge in [0.15, 0.2) is 5.75 Å². The van der Waals surface area contributed by atoms with E-state index >= 15 is 0 Å². The van der Waals surface area contributed by atoms with Gasteiger partial charge in [-0.3, -0.25) is 0 Å². The minimum atomic E-state index is 0.553. The smallest absolute Gasteiger partial charge is 0.163 e. The molecule has 0 radical (unpaired) electrons. The zero-order chi connectivity index (χ0) is 12.6. The fourth-order valence-corrected chi connectivity index (χ4v) is 2.20. The van der Waals surface area contributed by atoms with E-state index in [-0.39, 0.29) is 0 Å². The van der Waals surface area contributed by atoms with E-state index in [1.807, 2.05) is 26.0 Å². The van der Waals surface area contributed by atoms with Gasteiger partial charge in [0.1, 0.15) is 11.3 Å². The second-order valence-corrected chi connectivity index (χ2v) is 4.31. The lowest BCUT2D eigenvalue weighted by Crippen LogP contribution is -2.10. The molecule has 2 aromatic rings. The first-order valence-corrected chi connectivity index (χ1v) is 5.57. The molecule has 0 fully saturated rings. The Labute approximate surface area is 105 Å². The van der Waals surface area contributed by atoms with Gasteiger partial charge in [-0.1, -0.05) is 11.6 Å². The van der Waals surface area contributed by atoms with Crippen LogP contribution in [0, 0.1) is 13.8 Å². The SMILES string of the molecule is COc1c(Cl)cc(C)c2cc(C)c(NN)nc12. The number of benzene rings is 1. The Hall–Kier alpha value is -1.52. The van der Waals surface area contributed by atoms with Gasteiger partial charge in [-0.05, 0) is 37.1 Å². The first-order chi connectivity index (χ1) is 8.08. The highest BCUT2D eigenvalue weighted by molar-refractivity contribution is 6.33. The highest BCUT2D eigenvalue weighted by Crippen LogP contribution is 2.35. The zero-order valence-corrected chi connectivity index (χ0v) is 10.7. The number of nitrogens with zero attached hydrogens (tertiary/aromatic N) is 1. The number of hydrazine groups is 1. The van der Waals surface area contributed by atoms with Crippen molar-refractivity contribution in [3.05, 3.63) is 28.3 Å². The number of nitrogens with two attached hydrogens (primary N) is 1. The number of rotatable bonds is 2. The lowest BCUT2D eigenvalue weighted by Gasteiger charge is -2.12. The van der Waals surface area contributed by atoms with Crippen molar-refractivity contribution in [2.75, 3.05) is 12.5 Å². The van der Waals surface area contributed by atoms with Crippen molar-refractivity contribution >= 4 is 28.3 Å². The Kier molecular flexibility index (Phi) is 3.09. The molecule has 90 valence electrons. The Morgan fingerprint density at radius 1 is 1.29 bits per heavy atom. The number of methoxy groups -OCH3 is 1. The van der Waals surface area contributed by atoms with Crippen LogP contribution in [0.25, 0.3) is 10.9 Å². The Balaban J connectivity index is 2.89. The molecule has 0 saturated heterocycles. The third-order valence-corrected chi connectivity index (χ3v) is 3.03. The molecule has 1 heterocycles. The van der Waals surface area contributed by atoms with Crippen LogP contribution in [0.3, 0.4) is 0 Å². The van der Waals surface area contributed by atoms with Crippen LogP contribution in [0.15, 0.2) is 12.1 Å². The highest BCUT2D eigenvalue weighted by Gasteiger charge is 2.13. The molecule has 0 unspecified atom stereocenters. The van der Waals surface area contributed by atoms with E-state index in [0.29, 0.717) is 16.6 Å². The first kappa shape index (κ1) is 12.0. The molecule has 0 aliphatic carbocycles. The van der Waals surface area contributed by atoms with Crippen LogP contribution in [0.5, 0.6) is 5.75 Å². The number of halogens is 1. The summed E-state index contributed by atoms with van der Waals surface area (Å²) in [7, 11) is 1.58. The van der Waals surface area contributed by atoms with E-state index in [2.05, 4.69) is 10.4 Å². The van der Waals surface area contributed by atoms with Crippen LogP contribution in [0.1, 0.15) is 11.1 Å². The second kappa shape index (κ2) is 4.39. The summed E-state index contributed by atoms with van der Waals surface area (Å²) in [5.74, 6) is 6.62. The van der Waals surface area contributed by atoms with Gasteiger partial charge < -0.3 is 10.2 Å². The van der Waals surface area contributed by atoms with Crippen molar-refractivity contribution in [2.45, 2.75) is 13.8 Å². The molecule has 1 aromatic heterocycles. The number of anilines is 1. The summed E-state index contributed by atoms with van der Waals surface area (Å²) in [5.41, 5.74) is 5.33. The summed E-state index contributed by atoms with van der Waals surface area (Å²) >= 11 is 6.13. The molecule has 0 amide bonds. The van der Waals surface area contributed by atoms with Crippen molar-refractivity contribution in [2.24, 2.45) is 5.84 Å². The molecule has 0 aliphatic rings. The van der Waals surface area contributed by atoms with Gasteiger partial charge in [0.25, 0.3) is 0 Å². The normalized spacial score (nSPS) is 10.6. The topological polar surface area (TPSA) is 60.2 Å². The van der Waals surface area contributed by atoms with Crippen molar-refractivity contribution in [3.8, 4) is 5.75 Å². The van der Waals surface area contributed by atoms with Gasteiger partial charge in [0.2, 0.25) is 0 Å². The van der Waals surface area contributed by atoms with E-state index < -0.39 is 0 Å². The van der Waals surface area contributed by atoms with Gasteiger partial charge in [-0.15, -0.1) is 0 Å². The van der Waals surface area contributed by atoms with Gasteiger partial charge in [0, 0.05) is 5.39 Å². The van der Waals surface area contributed by atoms with E-state index in [1.54, 1.807) is 7.11 Å². The molecule has 0 saturated carbocycles. The van der Waals surface area contributed by atoms with E-state index in [0.717, 1.165) is 22.0 Å². The maximum absolute atomic E-state index is 6.13. The van der Waals surface area contributed by atoms with Crippen LogP contribution in [0.2, 0.25) is 5.02 Å². The van der Waals surface area contributed by atoms with Crippen molar-refractivity contribution in [1.82, 2.24) is 4.98 Å². The van der Waals surface area contributed by atoms with Crippen LogP contribution in [-0.2, 0) is 0 Å². The molecule has 5 heteroatoms. The average molecular weight is 252 g/mol. The van der Waals surface area contributed by atoms with E-state index in [4.69, 9.17) is 22.2 Å². The van der Waals surface area contributed by atoms with Crippen LogP contribution in [-0.4, -0.2) is 12.1 Å². The number of hydrogen-bond donors (Lipinski definition) is 2. The first-order valence-electron chi connectivity index (χ1n) is 5.19. The third kappa shape index (κ3) is 1.90. The van der Waals surface area contributed by atoms with Crippen LogP contribution < -0.4 is 16.0 Å². The minimum absolute atomic E-state index is 0.553. The largest absolute Gasteiger partial charge is 0.493 e. The molecule has 0 aliphatic heterocycles. The van der Waals surface area contributed by atoms with Crippen molar-refractivity contribution in [3.63, 3.8) is 0 Å². The predicted molar refractivity (Wildman–Crippen MR) is 70.6 cm³/mol. The molecule has 0 atom stereocenters. The summed E-state index contributed by atoms with van der Waals surface area (Å²) in [4.78, 5) is 4.44. The zero-order valence-electron chi connectivity index (χ0n) is 9.97. The molecular formula is C12H14ClN3O. The Bertz CT molecular complexity index is 584. The van der Waals surface area contributed by atoms with Gasteiger partial charge >= 0.3 is 0 Å². The quantitative estimate of drug-likeness (QED) is 0.637. The fourth-order valence-electron chi connectivity index (χ4n) is 1.87. The maximum atomic E-state index is 6.13. The van der Waals surface area contributed by atoms with Crippen molar-refractivity contribution in [1.29, 1.82) is 0 Å². The summed E-state index contributed by atoms with van der Waals surface area (Å²) in [6, 6.07) is 3.89. The fraction of sp³-hybridized carbons (Fsp3) is 0.250. The van der Waals surface area contributed by atoms with Gasteiger partial charge in [-0.25, -0.2) is 10.8 Å². The van der Waals surface area contributed by atoms with Gasteiger partial charge in [0.05, 0.1) is 12.1 Å². The Morgan fingerprint density at radius 3 is 2.59 bits per heavy atom. The van der Waals surface area contributed by atoms with E-state index in [1.165, 1.54) is 0 Å². The number of fused-ring (bicyclic) bond motifs is 1. The number of ether oxygens (including phenoxy) is 1. The summed E-state index contributed by atoms with van der Waals surface area (Å²) in [6.45, 7) is 3.94. The molecule has 0 spiro atoms. The number of nitrogen functional groups attached to an aromatic ring is 1. The summed E-state index contributed by atoms with van der Waals surface area (Å²) in [6.07, 6.45) is 0. The molecule has 1 aromatic carbocycles. The number of aromatic nitrogens is 1. The number of aryl methyl sites for hydroxylation is 2. The standard InChI is InChI=1S/C12H14ClN3O/c1-6-5-9(13)11(17-3)10-8(6)4-7(2)12(15-10)16-14/h4-5H,14H2,1-3H3,(H,15,16).